The predicted molar refractivity (Wildman–Crippen MR) is 274 cm³/mol. The molecule has 310 valence electrons. The van der Waals surface area contributed by atoms with E-state index in [1.807, 2.05) is 36.4 Å². The maximum Gasteiger partial charge on any atom is 0.238 e. The summed E-state index contributed by atoms with van der Waals surface area (Å²) in [6.45, 7) is 0. The topological polar surface area (TPSA) is 46.8 Å². The second kappa shape index (κ2) is 16.6. The maximum atomic E-state index is 5.29. The van der Waals surface area contributed by atoms with Crippen LogP contribution in [0.2, 0.25) is 0 Å². The van der Waals surface area contributed by atoms with E-state index in [1.165, 1.54) is 16.3 Å². The van der Waals surface area contributed by atoms with Crippen LogP contribution < -0.4 is 4.90 Å². The van der Waals surface area contributed by atoms with Crippen molar-refractivity contribution in [2.45, 2.75) is 0 Å². The van der Waals surface area contributed by atoms with Crippen LogP contribution in [0.4, 0.5) is 17.1 Å². The van der Waals surface area contributed by atoms with Gasteiger partial charge in [0.1, 0.15) is 0 Å². The molecule has 12 aromatic rings. The summed E-state index contributed by atoms with van der Waals surface area (Å²) in [4.78, 5) is 18.0. The third kappa shape index (κ3) is 7.25. The van der Waals surface area contributed by atoms with Gasteiger partial charge in [-0.3, -0.25) is 4.57 Å². The van der Waals surface area contributed by atoms with Crippen molar-refractivity contribution in [3.8, 4) is 62.1 Å². The summed E-state index contributed by atoms with van der Waals surface area (Å²) >= 11 is 0. The Kier molecular flexibility index (Phi) is 9.77. The van der Waals surface area contributed by atoms with E-state index in [1.54, 1.807) is 0 Å². The number of hydrogen-bond acceptors (Lipinski definition) is 4. The average Bonchev–Trinajstić information content (AvgIpc) is 3.73. The van der Waals surface area contributed by atoms with E-state index in [9.17, 15) is 0 Å². The van der Waals surface area contributed by atoms with Crippen LogP contribution in [0.15, 0.2) is 249 Å². The van der Waals surface area contributed by atoms with E-state index in [4.69, 9.17) is 15.0 Å². The molecular formula is C61H41N5. The molecule has 12 rings (SSSR count). The fraction of sp³-hybridized carbons (Fsp3) is 0. The van der Waals surface area contributed by atoms with Crippen LogP contribution in [0.1, 0.15) is 0 Å². The summed E-state index contributed by atoms with van der Waals surface area (Å²) < 4.78 is 2.22. The molecule has 0 radical (unpaired) electrons. The summed E-state index contributed by atoms with van der Waals surface area (Å²) in [5.41, 5.74) is 13.8. The van der Waals surface area contributed by atoms with Crippen LogP contribution >= 0.6 is 0 Å². The lowest BCUT2D eigenvalue weighted by Crippen LogP contribution is -2.10. The normalized spacial score (nSPS) is 11.3. The van der Waals surface area contributed by atoms with Gasteiger partial charge in [0, 0.05) is 39.0 Å². The minimum Gasteiger partial charge on any atom is -0.310 e. The number of fused-ring (bicyclic) bond motifs is 4. The van der Waals surface area contributed by atoms with Crippen molar-refractivity contribution in [1.82, 2.24) is 19.5 Å². The molecule has 5 heteroatoms. The number of hydrogen-bond donors (Lipinski definition) is 0. The largest absolute Gasteiger partial charge is 0.310 e. The Morgan fingerprint density at radius 1 is 0.273 bits per heavy atom. The second-order valence-electron chi connectivity index (χ2n) is 16.5. The molecule has 0 fully saturated rings. The SMILES string of the molecule is c1ccc(-c2cccc(N(c3ccc(-c4ccc5ccccc5c4)cc3)c3ccc4c5ccc(-c6ccccc6)cc5n(-c5nc(-c6ccccc6)nc(-c6ccccc6)n5)c4c3)c2)cc1. The van der Waals surface area contributed by atoms with E-state index in [0.29, 0.717) is 17.6 Å². The van der Waals surface area contributed by atoms with Gasteiger partial charge in [0.15, 0.2) is 11.6 Å². The molecule has 66 heavy (non-hydrogen) atoms. The summed E-state index contributed by atoms with van der Waals surface area (Å²) in [6, 6.07) is 87.9. The van der Waals surface area contributed by atoms with E-state index < -0.39 is 0 Å². The molecule has 0 saturated heterocycles. The van der Waals surface area contributed by atoms with Gasteiger partial charge in [0.05, 0.1) is 11.0 Å². The standard InChI is InChI=1S/C61H41N5/c1-5-16-42(17-6-1)49-26-15-27-53(39-49)65(52-33-30-45(31-34-52)50-29-28-44-20-13-14-25-48(44)38-50)54-35-37-56-55-36-32-51(43-18-7-2-8-19-43)40-57(55)66(58(56)41-54)61-63-59(46-21-9-3-10-22-46)62-60(64-61)47-23-11-4-12-24-47/h1-41H. The number of aromatic nitrogens is 4. The van der Waals surface area contributed by atoms with Gasteiger partial charge < -0.3 is 4.90 Å². The second-order valence-corrected chi connectivity index (χ2v) is 16.5. The smallest absolute Gasteiger partial charge is 0.238 e. The molecule has 10 aromatic carbocycles. The van der Waals surface area contributed by atoms with Crippen molar-refractivity contribution in [1.29, 1.82) is 0 Å². The Morgan fingerprint density at radius 3 is 1.35 bits per heavy atom. The maximum absolute atomic E-state index is 5.29. The van der Waals surface area contributed by atoms with Crippen molar-refractivity contribution in [2.75, 3.05) is 4.90 Å². The summed E-state index contributed by atoms with van der Waals surface area (Å²) in [7, 11) is 0. The first-order valence-electron chi connectivity index (χ1n) is 22.3. The summed E-state index contributed by atoms with van der Waals surface area (Å²) in [5, 5.41) is 4.66. The summed E-state index contributed by atoms with van der Waals surface area (Å²) in [6.07, 6.45) is 0. The molecule has 0 N–H and O–H groups in total. The highest BCUT2D eigenvalue weighted by atomic mass is 15.2. The van der Waals surface area contributed by atoms with Crippen molar-refractivity contribution in [3.05, 3.63) is 249 Å². The number of rotatable bonds is 9. The van der Waals surface area contributed by atoms with Gasteiger partial charge >= 0.3 is 0 Å². The van der Waals surface area contributed by atoms with Crippen molar-refractivity contribution in [2.24, 2.45) is 0 Å². The Labute approximate surface area is 383 Å². The van der Waals surface area contributed by atoms with Gasteiger partial charge in [0.2, 0.25) is 5.95 Å². The third-order valence-electron chi connectivity index (χ3n) is 12.4. The van der Waals surface area contributed by atoms with Crippen LogP contribution in [-0.2, 0) is 0 Å². The molecular weight excluding hydrogens is 803 g/mol. The Balaban J connectivity index is 1.09. The van der Waals surface area contributed by atoms with Gasteiger partial charge in [-0.05, 0) is 92.7 Å². The molecule has 0 aliphatic carbocycles. The Morgan fingerprint density at radius 2 is 0.712 bits per heavy atom. The summed E-state index contributed by atoms with van der Waals surface area (Å²) in [5.74, 6) is 1.76. The molecule has 0 saturated carbocycles. The van der Waals surface area contributed by atoms with Crippen molar-refractivity contribution in [3.63, 3.8) is 0 Å². The lowest BCUT2D eigenvalue weighted by Gasteiger charge is -2.26. The van der Waals surface area contributed by atoms with Crippen molar-refractivity contribution < 1.29 is 0 Å². The molecule has 0 amide bonds. The van der Waals surface area contributed by atoms with Gasteiger partial charge in [-0.2, -0.15) is 9.97 Å². The van der Waals surface area contributed by atoms with Crippen LogP contribution in [0, 0.1) is 0 Å². The lowest BCUT2D eigenvalue weighted by molar-refractivity contribution is 0.953. The van der Waals surface area contributed by atoms with Crippen molar-refractivity contribution >= 4 is 49.6 Å². The molecule has 0 atom stereocenters. The number of anilines is 3. The number of benzene rings is 10. The zero-order valence-corrected chi connectivity index (χ0v) is 35.9. The molecule has 0 bridgehead atoms. The minimum absolute atomic E-state index is 0.544. The number of nitrogens with zero attached hydrogens (tertiary/aromatic N) is 5. The molecule has 0 aliphatic rings. The first-order chi connectivity index (χ1) is 32.7. The molecule has 5 nitrogen and oxygen atoms in total. The van der Waals surface area contributed by atoms with Gasteiger partial charge in [-0.15, -0.1) is 0 Å². The van der Waals surface area contributed by atoms with Gasteiger partial charge in [-0.25, -0.2) is 4.98 Å². The monoisotopic (exact) mass is 843 g/mol. The third-order valence-corrected chi connectivity index (χ3v) is 12.4. The minimum atomic E-state index is 0.544. The van der Waals surface area contributed by atoms with Crippen LogP contribution in [0.3, 0.4) is 0 Å². The predicted octanol–water partition coefficient (Wildman–Crippen LogP) is 15.9. The van der Waals surface area contributed by atoms with E-state index in [0.717, 1.165) is 77.8 Å². The van der Waals surface area contributed by atoms with Crippen LogP contribution in [-0.4, -0.2) is 19.5 Å². The molecule has 2 heterocycles. The highest BCUT2D eigenvalue weighted by molar-refractivity contribution is 6.11. The molecule has 0 spiro atoms. The first kappa shape index (κ1) is 38.7. The lowest BCUT2D eigenvalue weighted by atomic mass is 10.0. The zero-order valence-electron chi connectivity index (χ0n) is 35.9. The quantitative estimate of drug-likeness (QED) is 0.145. The Bertz CT molecular complexity index is 3620. The molecule has 2 aromatic heterocycles. The highest BCUT2D eigenvalue weighted by Crippen LogP contribution is 2.42. The molecule has 0 aliphatic heterocycles. The Hall–Kier alpha value is -8.93. The first-order valence-corrected chi connectivity index (χ1v) is 22.3. The molecule has 0 unspecified atom stereocenters. The van der Waals surface area contributed by atoms with E-state index in [-0.39, 0.29) is 0 Å². The van der Waals surface area contributed by atoms with E-state index >= 15 is 0 Å². The van der Waals surface area contributed by atoms with Crippen LogP contribution in [0.5, 0.6) is 0 Å². The highest BCUT2D eigenvalue weighted by Gasteiger charge is 2.22. The van der Waals surface area contributed by atoms with E-state index in [2.05, 4.69) is 222 Å². The van der Waals surface area contributed by atoms with Gasteiger partial charge in [0.25, 0.3) is 0 Å². The zero-order chi connectivity index (χ0) is 43.8. The average molecular weight is 844 g/mol. The van der Waals surface area contributed by atoms with Gasteiger partial charge in [-0.1, -0.05) is 200 Å². The van der Waals surface area contributed by atoms with Crippen LogP contribution in [0.25, 0.3) is 94.7 Å². The fourth-order valence-electron chi connectivity index (χ4n) is 9.14. The fourth-order valence-corrected chi connectivity index (χ4v) is 9.14.